The van der Waals surface area contributed by atoms with Gasteiger partial charge in [-0.3, -0.25) is 4.79 Å². The smallest absolute Gasteiger partial charge is 0.261 e. The van der Waals surface area contributed by atoms with Crippen molar-refractivity contribution >= 4 is 17.2 Å². The standard InChI is InChI=1S/C11H16N2OS/c12-8-4-1-2-5-9(8)13-11(14)10-6-3-7-15-10/h3,6-9H,1-2,4-5,12H2,(H,13,14)/t8-,9-/m1/s1. The van der Waals surface area contributed by atoms with Crippen LogP contribution in [0.3, 0.4) is 0 Å². The molecular weight excluding hydrogens is 208 g/mol. The molecule has 0 radical (unpaired) electrons. The van der Waals surface area contributed by atoms with E-state index < -0.39 is 0 Å². The maximum Gasteiger partial charge on any atom is 0.261 e. The van der Waals surface area contributed by atoms with Crippen LogP contribution in [-0.4, -0.2) is 18.0 Å². The minimum atomic E-state index is 0.0207. The van der Waals surface area contributed by atoms with Crippen LogP contribution < -0.4 is 11.1 Å². The van der Waals surface area contributed by atoms with Crippen molar-refractivity contribution in [2.75, 3.05) is 0 Å². The Morgan fingerprint density at radius 2 is 2.27 bits per heavy atom. The molecule has 82 valence electrons. The molecule has 0 bridgehead atoms. The first-order valence-electron chi connectivity index (χ1n) is 5.37. The summed E-state index contributed by atoms with van der Waals surface area (Å²) in [6.45, 7) is 0. The van der Waals surface area contributed by atoms with Crippen molar-refractivity contribution in [2.45, 2.75) is 37.8 Å². The minimum absolute atomic E-state index is 0.0207. The van der Waals surface area contributed by atoms with Crippen LogP contribution in [0.15, 0.2) is 17.5 Å². The third kappa shape index (κ3) is 2.58. The molecule has 1 fully saturated rings. The summed E-state index contributed by atoms with van der Waals surface area (Å²) in [5, 5.41) is 4.93. The summed E-state index contributed by atoms with van der Waals surface area (Å²) in [7, 11) is 0. The number of thiophene rings is 1. The Morgan fingerprint density at radius 3 is 2.93 bits per heavy atom. The second-order valence-corrected chi connectivity index (χ2v) is 4.95. The van der Waals surface area contributed by atoms with E-state index in [9.17, 15) is 4.79 Å². The summed E-state index contributed by atoms with van der Waals surface area (Å²) in [6.07, 6.45) is 4.39. The summed E-state index contributed by atoms with van der Waals surface area (Å²) in [5.41, 5.74) is 5.97. The van der Waals surface area contributed by atoms with Crippen LogP contribution in [0.1, 0.15) is 35.4 Å². The monoisotopic (exact) mass is 224 g/mol. The molecule has 3 N–H and O–H groups in total. The molecule has 0 aromatic carbocycles. The first-order valence-corrected chi connectivity index (χ1v) is 6.25. The lowest BCUT2D eigenvalue weighted by molar-refractivity contribution is 0.0925. The Hall–Kier alpha value is -0.870. The number of carbonyl (C=O) groups excluding carboxylic acids is 1. The summed E-state index contributed by atoms with van der Waals surface area (Å²) in [5.74, 6) is 0.0207. The van der Waals surface area contributed by atoms with Crippen LogP contribution in [-0.2, 0) is 0 Å². The molecule has 1 aliphatic carbocycles. The fraction of sp³-hybridized carbons (Fsp3) is 0.545. The molecular formula is C11H16N2OS. The molecule has 3 nitrogen and oxygen atoms in total. The third-order valence-electron chi connectivity index (χ3n) is 2.88. The minimum Gasteiger partial charge on any atom is -0.347 e. The van der Waals surface area contributed by atoms with Crippen molar-refractivity contribution in [3.63, 3.8) is 0 Å². The molecule has 2 atom stereocenters. The first-order chi connectivity index (χ1) is 7.27. The highest BCUT2D eigenvalue weighted by Crippen LogP contribution is 2.18. The number of hydrogen-bond donors (Lipinski definition) is 2. The molecule has 15 heavy (non-hydrogen) atoms. The Labute approximate surface area is 93.7 Å². The topological polar surface area (TPSA) is 55.1 Å². The number of amides is 1. The van der Waals surface area contributed by atoms with E-state index in [2.05, 4.69) is 5.32 Å². The zero-order valence-corrected chi connectivity index (χ0v) is 9.43. The van der Waals surface area contributed by atoms with Crippen molar-refractivity contribution in [3.8, 4) is 0 Å². The number of hydrogen-bond acceptors (Lipinski definition) is 3. The molecule has 1 saturated carbocycles. The fourth-order valence-corrected chi connectivity index (χ4v) is 2.61. The number of nitrogens with two attached hydrogens (primary N) is 1. The van der Waals surface area contributed by atoms with Crippen LogP contribution in [0.4, 0.5) is 0 Å². The molecule has 1 amide bonds. The van der Waals surface area contributed by atoms with Crippen molar-refractivity contribution < 1.29 is 4.79 Å². The van der Waals surface area contributed by atoms with Gasteiger partial charge >= 0.3 is 0 Å². The fourth-order valence-electron chi connectivity index (χ4n) is 1.99. The Balaban J connectivity index is 1.93. The maximum atomic E-state index is 11.8. The van der Waals surface area contributed by atoms with Crippen molar-refractivity contribution in [1.29, 1.82) is 0 Å². The van der Waals surface area contributed by atoms with E-state index in [0.717, 1.165) is 17.7 Å². The molecule has 0 aliphatic heterocycles. The number of rotatable bonds is 2. The van der Waals surface area contributed by atoms with Gasteiger partial charge < -0.3 is 11.1 Å². The van der Waals surface area contributed by atoms with Gasteiger partial charge in [0.15, 0.2) is 0 Å². The van der Waals surface area contributed by atoms with Gasteiger partial charge in [-0.15, -0.1) is 11.3 Å². The van der Waals surface area contributed by atoms with E-state index in [4.69, 9.17) is 5.73 Å². The molecule has 0 unspecified atom stereocenters. The predicted octanol–water partition coefficient (Wildman–Crippen LogP) is 1.75. The summed E-state index contributed by atoms with van der Waals surface area (Å²) in [4.78, 5) is 12.5. The molecule has 4 heteroatoms. The summed E-state index contributed by atoms with van der Waals surface area (Å²) < 4.78 is 0. The van der Waals surface area contributed by atoms with Crippen LogP contribution >= 0.6 is 11.3 Å². The molecule has 2 rings (SSSR count). The van der Waals surface area contributed by atoms with E-state index in [-0.39, 0.29) is 18.0 Å². The molecule has 0 spiro atoms. The van der Waals surface area contributed by atoms with E-state index in [1.165, 1.54) is 24.2 Å². The summed E-state index contributed by atoms with van der Waals surface area (Å²) >= 11 is 1.47. The van der Waals surface area contributed by atoms with Gasteiger partial charge in [0.1, 0.15) is 0 Å². The zero-order valence-electron chi connectivity index (χ0n) is 8.61. The molecule has 1 heterocycles. The Morgan fingerprint density at radius 1 is 1.47 bits per heavy atom. The molecule has 1 aliphatic rings. The van der Waals surface area contributed by atoms with Crippen LogP contribution in [0, 0.1) is 0 Å². The number of carbonyl (C=O) groups is 1. The first kappa shape index (κ1) is 10.6. The van der Waals surface area contributed by atoms with Gasteiger partial charge in [-0.2, -0.15) is 0 Å². The van der Waals surface area contributed by atoms with Gasteiger partial charge in [-0.25, -0.2) is 0 Å². The van der Waals surface area contributed by atoms with Gasteiger partial charge in [0.05, 0.1) is 4.88 Å². The van der Waals surface area contributed by atoms with E-state index in [0.29, 0.717) is 0 Å². The van der Waals surface area contributed by atoms with Gasteiger partial charge in [0.2, 0.25) is 0 Å². The SMILES string of the molecule is N[C@@H]1CCCC[C@H]1NC(=O)c1cccs1. The van der Waals surface area contributed by atoms with Crippen molar-refractivity contribution in [3.05, 3.63) is 22.4 Å². The quantitative estimate of drug-likeness (QED) is 0.804. The molecule has 0 saturated heterocycles. The molecule has 1 aromatic heterocycles. The van der Waals surface area contributed by atoms with E-state index >= 15 is 0 Å². The average molecular weight is 224 g/mol. The van der Waals surface area contributed by atoms with Crippen molar-refractivity contribution in [1.82, 2.24) is 5.32 Å². The normalized spacial score (nSPS) is 26.2. The Bertz CT molecular complexity index is 323. The highest BCUT2D eigenvalue weighted by Gasteiger charge is 2.23. The summed E-state index contributed by atoms with van der Waals surface area (Å²) in [6, 6.07) is 4.02. The van der Waals surface area contributed by atoms with Gasteiger partial charge in [0.25, 0.3) is 5.91 Å². The van der Waals surface area contributed by atoms with Crippen LogP contribution in [0.2, 0.25) is 0 Å². The largest absolute Gasteiger partial charge is 0.347 e. The van der Waals surface area contributed by atoms with Gasteiger partial charge in [-0.1, -0.05) is 18.9 Å². The van der Waals surface area contributed by atoms with Gasteiger partial charge in [0, 0.05) is 12.1 Å². The lowest BCUT2D eigenvalue weighted by Gasteiger charge is -2.29. The molecule has 1 aromatic rings. The van der Waals surface area contributed by atoms with Gasteiger partial charge in [-0.05, 0) is 24.3 Å². The van der Waals surface area contributed by atoms with Crippen LogP contribution in [0.25, 0.3) is 0 Å². The maximum absolute atomic E-state index is 11.8. The number of nitrogens with one attached hydrogen (secondary N) is 1. The van der Waals surface area contributed by atoms with Crippen LogP contribution in [0.5, 0.6) is 0 Å². The Kier molecular flexibility index (Phi) is 3.38. The predicted molar refractivity (Wildman–Crippen MR) is 62.0 cm³/mol. The second kappa shape index (κ2) is 4.77. The highest BCUT2D eigenvalue weighted by molar-refractivity contribution is 7.12. The second-order valence-electron chi connectivity index (χ2n) is 4.01. The zero-order chi connectivity index (χ0) is 10.7. The highest BCUT2D eigenvalue weighted by atomic mass is 32.1. The van der Waals surface area contributed by atoms with E-state index in [1.54, 1.807) is 0 Å². The lowest BCUT2D eigenvalue weighted by atomic mass is 9.91. The van der Waals surface area contributed by atoms with E-state index in [1.807, 2.05) is 17.5 Å². The van der Waals surface area contributed by atoms with Crippen molar-refractivity contribution in [2.24, 2.45) is 5.73 Å². The lowest BCUT2D eigenvalue weighted by Crippen LogP contribution is -2.49. The average Bonchev–Trinajstić information content (AvgIpc) is 2.74. The third-order valence-corrected chi connectivity index (χ3v) is 3.75.